The Kier molecular flexibility index (Phi) is 3.30. The highest BCUT2D eigenvalue weighted by Gasteiger charge is 2.29. The van der Waals surface area contributed by atoms with Crippen LogP contribution in [-0.2, 0) is 22.6 Å². The summed E-state index contributed by atoms with van der Waals surface area (Å²) in [6.07, 6.45) is 2.84. The zero-order valence-electron chi connectivity index (χ0n) is 10.4. The van der Waals surface area contributed by atoms with E-state index in [4.69, 9.17) is 4.84 Å². The molecular weight excluding hydrogens is 228 g/mol. The third kappa shape index (κ3) is 2.26. The van der Waals surface area contributed by atoms with Crippen molar-refractivity contribution in [3.63, 3.8) is 0 Å². The fraction of sp³-hybridized carbons (Fsp3) is 0.500. The fourth-order valence-electron chi connectivity index (χ4n) is 2.57. The first-order valence-corrected chi connectivity index (χ1v) is 6.59. The second-order valence-electron chi connectivity index (χ2n) is 4.89. The van der Waals surface area contributed by atoms with Gasteiger partial charge < -0.3 is 5.32 Å². The first kappa shape index (κ1) is 11.7. The molecule has 2 aliphatic rings. The summed E-state index contributed by atoms with van der Waals surface area (Å²) in [5.74, 6) is 0.0733. The first-order valence-electron chi connectivity index (χ1n) is 6.59. The molecule has 1 amide bonds. The molecule has 2 aliphatic heterocycles. The van der Waals surface area contributed by atoms with Gasteiger partial charge in [-0.15, -0.1) is 0 Å². The SMILES string of the molecule is O=C(C1Cc2ccccc2CN1)N1CCCCO1. The third-order valence-corrected chi connectivity index (χ3v) is 3.63. The number of rotatable bonds is 1. The van der Waals surface area contributed by atoms with Crippen LogP contribution in [0.1, 0.15) is 24.0 Å². The lowest BCUT2D eigenvalue weighted by Crippen LogP contribution is -2.50. The molecule has 4 nitrogen and oxygen atoms in total. The van der Waals surface area contributed by atoms with Crippen molar-refractivity contribution in [1.29, 1.82) is 0 Å². The number of hydroxylamine groups is 2. The van der Waals surface area contributed by atoms with E-state index in [1.165, 1.54) is 16.2 Å². The van der Waals surface area contributed by atoms with Crippen molar-refractivity contribution in [3.05, 3.63) is 35.4 Å². The smallest absolute Gasteiger partial charge is 0.263 e. The van der Waals surface area contributed by atoms with Crippen LogP contribution in [0.3, 0.4) is 0 Å². The van der Waals surface area contributed by atoms with Gasteiger partial charge in [-0.3, -0.25) is 9.63 Å². The molecule has 1 fully saturated rings. The molecular formula is C14H18N2O2. The highest BCUT2D eigenvalue weighted by molar-refractivity contribution is 5.81. The summed E-state index contributed by atoms with van der Waals surface area (Å²) in [7, 11) is 0. The number of nitrogens with zero attached hydrogens (tertiary/aromatic N) is 1. The van der Waals surface area contributed by atoms with Gasteiger partial charge in [-0.25, -0.2) is 5.06 Å². The Bertz CT molecular complexity index is 441. The Hall–Kier alpha value is -1.39. The molecule has 1 saturated heterocycles. The molecule has 3 rings (SSSR count). The van der Waals surface area contributed by atoms with Crippen LogP contribution in [-0.4, -0.2) is 30.2 Å². The monoisotopic (exact) mass is 246 g/mol. The van der Waals surface area contributed by atoms with Crippen molar-refractivity contribution < 1.29 is 9.63 Å². The highest BCUT2D eigenvalue weighted by Crippen LogP contribution is 2.18. The van der Waals surface area contributed by atoms with E-state index in [0.29, 0.717) is 6.61 Å². The Morgan fingerprint density at radius 2 is 2.11 bits per heavy atom. The van der Waals surface area contributed by atoms with E-state index in [2.05, 4.69) is 17.4 Å². The zero-order chi connectivity index (χ0) is 12.4. The Labute approximate surface area is 107 Å². The Balaban J connectivity index is 1.69. The molecule has 2 heterocycles. The number of nitrogens with one attached hydrogen (secondary N) is 1. The van der Waals surface area contributed by atoms with Gasteiger partial charge in [-0.1, -0.05) is 24.3 Å². The lowest BCUT2D eigenvalue weighted by molar-refractivity contribution is -0.199. The summed E-state index contributed by atoms with van der Waals surface area (Å²) in [5, 5.41) is 4.84. The summed E-state index contributed by atoms with van der Waals surface area (Å²) >= 11 is 0. The lowest BCUT2D eigenvalue weighted by Gasteiger charge is -2.32. The van der Waals surface area contributed by atoms with Gasteiger partial charge in [-0.2, -0.15) is 0 Å². The second kappa shape index (κ2) is 5.08. The maximum atomic E-state index is 12.3. The van der Waals surface area contributed by atoms with Crippen molar-refractivity contribution in [3.8, 4) is 0 Å². The maximum absolute atomic E-state index is 12.3. The van der Waals surface area contributed by atoms with Gasteiger partial charge in [0.05, 0.1) is 12.6 Å². The molecule has 4 heteroatoms. The summed E-state index contributed by atoms with van der Waals surface area (Å²) in [4.78, 5) is 17.7. The van der Waals surface area contributed by atoms with Crippen molar-refractivity contribution >= 4 is 5.91 Å². The van der Waals surface area contributed by atoms with Crippen molar-refractivity contribution in [2.45, 2.75) is 31.8 Å². The van der Waals surface area contributed by atoms with Crippen LogP contribution < -0.4 is 5.32 Å². The predicted octanol–water partition coefficient (Wildman–Crippen LogP) is 1.25. The van der Waals surface area contributed by atoms with Crippen LogP contribution in [0, 0.1) is 0 Å². The van der Waals surface area contributed by atoms with Gasteiger partial charge in [0.15, 0.2) is 0 Å². The third-order valence-electron chi connectivity index (χ3n) is 3.63. The summed E-state index contributed by atoms with van der Waals surface area (Å²) in [5.41, 5.74) is 2.56. The minimum atomic E-state index is -0.141. The van der Waals surface area contributed by atoms with Gasteiger partial charge in [0.1, 0.15) is 0 Å². The number of amides is 1. The average Bonchev–Trinajstić information content (AvgIpc) is 2.47. The van der Waals surface area contributed by atoms with E-state index in [0.717, 1.165) is 32.4 Å². The van der Waals surface area contributed by atoms with Gasteiger partial charge in [0.25, 0.3) is 5.91 Å². The minimum Gasteiger partial charge on any atom is -0.301 e. The van der Waals surface area contributed by atoms with Crippen molar-refractivity contribution in [2.75, 3.05) is 13.2 Å². The molecule has 0 spiro atoms. The first-order chi connectivity index (χ1) is 8.84. The molecule has 0 aromatic heterocycles. The molecule has 0 aliphatic carbocycles. The van der Waals surface area contributed by atoms with E-state index in [1.54, 1.807) is 0 Å². The average molecular weight is 246 g/mol. The molecule has 1 atom stereocenters. The lowest BCUT2D eigenvalue weighted by atomic mass is 9.95. The largest absolute Gasteiger partial charge is 0.301 e. The number of benzene rings is 1. The molecule has 96 valence electrons. The molecule has 18 heavy (non-hydrogen) atoms. The summed E-state index contributed by atoms with van der Waals surface area (Å²) in [6.45, 7) is 2.15. The minimum absolute atomic E-state index is 0.0733. The Morgan fingerprint density at radius 1 is 1.28 bits per heavy atom. The number of carbonyl (C=O) groups is 1. The highest BCUT2D eigenvalue weighted by atomic mass is 16.7. The number of hydrogen-bond acceptors (Lipinski definition) is 3. The van der Waals surface area contributed by atoms with Crippen LogP contribution >= 0.6 is 0 Å². The number of carbonyl (C=O) groups excluding carboxylic acids is 1. The van der Waals surface area contributed by atoms with Gasteiger partial charge in [0, 0.05) is 13.1 Å². The summed E-state index contributed by atoms with van der Waals surface area (Å²) in [6, 6.07) is 8.14. The van der Waals surface area contributed by atoms with Gasteiger partial charge >= 0.3 is 0 Å². The topological polar surface area (TPSA) is 41.6 Å². The number of hydrogen-bond donors (Lipinski definition) is 1. The van der Waals surface area contributed by atoms with Crippen molar-refractivity contribution in [2.24, 2.45) is 0 Å². The van der Waals surface area contributed by atoms with Crippen LogP contribution in [0.2, 0.25) is 0 Å². The fourth-order valence-corrected chi connectivity index (χ4v) is 2.57. The standard InChI is InChI=1S/C14H18N2O2/c17-14(16-7-3-4-8-18-16)13-9-11-5-1-2-6-12(11)10-15-13/h1-2,5-6,13,15H,3-4,7-10H2. The second-order valence-corrected chi connectivity index (χ2v) is 4.89. The van der Waals surface area contributed by atoms with E-state index >= 15 is 0 Å². The van der Waals surface area contributed by atoms with Crippen LogP contribution in [0.5, 0.6) is 0 Å². The van der Waals surface area contributed by atoms with Gasteiger partial charge in [-0.05, 0) is 30.4 Å². The van der Waals surface area contributed by atoms with E-state index in [1.807, 2.05) is 12.1 Å². The van der Waals surface area contributed by atoms with Crippen molar-refractivity contribution in [1.82, 2.24) is 10.4 Å². The quantitative estimate of drug-likeness (QED) is 0.811. The summed E-state index contributed by atoms with van der Waals surface area (Å²) < 4.78 is 0. The molecule has 0 saturated carbocycles. The van der Waals surface area contributed by atoms with E-state index in [9.17, 15) is 4.79 Å². The van der Waals surface area contributed by atoms with E-state index < -0.39 is 0 Å². The van der Waals surface area contributed by atoms with Crippen LogP contribution in [0.25, 0.3) is 0 Å². The maximum Gasteiger partial charge on any atom is 0.263 e. The van der Waals surface area contributed by atoms with Crippen LogP contribution in [0.4, 0.5) is 0 Å². The molecule has 0 bridgehead atoms. The number of fused-ring (bicyclic) bond motifs is 1. The predicted molar refractivity (Wildman–Crippen MR) is 67.7 cm³/mol. The normalized spacial score (nSPS) is 23.6. The molecule has 1 unspecified atom stereocenters. The molecule has 1 aromatic rings. The van der Waals surface area contributed by atoms with E-state index in [-0.39, 0.29) is 11.9 Å². The van der Waals surface area contributed by atoms with Crippen LogP contribution in [0.15, 0.2) is 24.3 Å². The van der Waals surface area contributed by atoms with Gasteiger partial charge in [0.2, 0.25) is 0 Å². The Morgan fingerprint density at radius 3 is 2.89 bits per heavy atom. The molecule has 1 aromatic carbocycles. The zero-order valence-corrected chi connectivity index (χ0v) is 10.4. The molecule has 1 N–H and O–H groups in total. The molecule has 0 radical (unpaired) electrons.